The Kier molecular flexibility index (Phi) is 4.23. The fourth-order valence-corrected chi connectivity index (χ4v) is 5.78. The molecule has 0 radical (unpaired) electrons. The molecule has 0 aliphatic heterocycles. The standard InChI is InChI=1S/C21H24N2O4S/c24-21(23-28(25,26)19-12-15-5-1-2-10-18(15)27-19)22-20-16-8-3-6-13(16)11-14-7-4-9-17(14)20/h11-12H,1-10H2,(H2,22,23,24). The van der Waals surface area contributed by atoms with Crippen LogP contribution in [0.4, 0.5) is 10.5 Å². The van der Waals surface area contributed by atoms with Gasteiger partial charge in [0.1, 0.15) is 5.76 Å². The van der Waals surface area contributed by atoms with Gasteiger partial charge in [-0.25, -0.2) is 9.52 Å². The number of urea groups is 1. The summed E-state index contributed by atoms with van der Waals surface area (Å²) in [5.74, 6) is 0.728. The van der Waals surface area contributed by atoms with E-state index in [0.717, 1.165) is 81.2 Å². The van der Waals surface area contributed by atoms with Crippen LogP contribution in [0, 0.1) is 0 Å². The zero-order chi connectivity index (χ0) is 19.3. The van der Waals surface area contributed by atoms with Crippen LogP contribution in [0.2, 0.25) is 0 Å². The van der Waals surface area contributed by atoms with Crippen LogP contribution in [-0.2, 0) is 48.5 Å². The second-order valence-corrected chi connectivity index (χ2v) is 9.63. The maximum atomic E-state index is 12.7. The minimum atomic E-state index is -4.03. The number of carbonyl (C=O) groups is 1. The monoisotopic (exact) mass is 400 g/mol. The summed E-state index contributed by atoms with van der Waals surface area (Å²) in [6.45, 7) is 0. The topological polar surface area (TPSA) is 88.4 Å². The van der Waals surface area contributed by atoms with Gasteiger partial charge in [0.15, 0.2) is 0 Å². The van der Waals surface area contributed by atoms with Crippen LogP contribution in [0.15, 0.2) is 21.6 Å². The number of fused-ring (bicyclic) bond motifs is 3. The van der Waals surface area contributed by atoms with Gasteiger partial charge in [0, 0.05) is 18.2 Å². The zero-order valence-electron chi connectivity index (χ0n) is 15.8. The Labute approximate surface area is 164 Å². The molecule has 2 amide bonds. The second kappa shape index (κ2) is 6.65. The number of hydrogen-bond acceptors (Lipinski definition) is 4. The molecule has 6 nitrogen and oxygen atoms in total. The number of anilines is 1. The molecular weight excluding hydrogens is 376 g/mol. The van der Waals surface area contributed by atoms with E-state index in [1.54, 1.807) is 6.07 Å². The molecular formula is C21H24N2O4S. The van der Waals surface area contributed by atoms with E-state index < -0.39 is 16.1 Å². The first-order chi connectivity index (χ1) is 13.5. The lowest BCUT2D eigenvalue weighted by molar-refractivity contribution is 0.256. The number of amides is 2. The molecule has 5 rings (SSSR count). The Bertz CT molecular complexity index is 1010. The average molecular weight is 401 g/mol. The lowest BCUT2D eigenvalue weighted by atomic mass is 9.99. The van der Waals surface area contributed by atoms with Crippen LogP contribution >= 0.6 is 0 Å². The van der Waals surface area contributed by atoms with Crippen molar-refractivity contribution < 1.29 is 17.6 Å². The van der Waals surface area contributed by atoms with Crippen molar-refractivity contribution in [3.63, 3.8) is 0 Å². The van der Waals surface area contributed by atoms with Gasteiger partial charge in [0.05, 0.1) is 0 Å². The van der Waals surface area contributed by atoms with Gasteiger partial charge >= 0.3 is 6.03 Å². The lowest BCUT2D eigenvalue weighted by Crippen LogP contribution is -2.34. The van der Waals surface area contributed by atoms with Crippen molar-refractivity contribution in [2.45, 2.75) is 69.3 Å². The van der Waals surface area contributed by atoms with E-state index in [2.05, 4.69) is 16.1 Å². The molecule has 0 saturated heterocycles. The third-order valence-electron chi connectivity index (χ3n) is 6.18. The van der Waals surface area contributed by atoms with Crippen LogP contribution < -0.4 is 10.0 Å². The molecule has 2 aromatic rings. The van der Waals surface area contributed by atoms with Gasteiger partial charge in [-0.05, 0) is 85.6 Å². The van der Waals surface area contributed by atoms with Gasteiger partial charge in [0.2, 0.25) is 5.09 Å². The zero-order valence-corrected chi connectivity index (χ0v) is 16.6. The molecule has 28 heavy (non-hydrogen) atoms. The van der Waals surface area contributed by atoms with E-state index in [9.17, 15) is 13.2 Å². The summed E-state index contributed by atoms with van der Waals surface area (Å²) in [6.07, 6.45) is 9.65. The Morgan fingerprint density at radius 2 is 1.46 bits per heavy atom. The molecule has 0 saturated carbocycles. The molecule has 0 fully saturated rings. The van der Waals surface area contributed by atoms with Crippen molar-refractivity contribution in [1.82, 2.24) is 4.72 Å². The molecule has 1 heterocycles. The molecule has 148 valence electrons. The van der Waals surface area contributed by atoms with E-state index in [0.29, 0.717) is 0 Å². The number of nitrogens with one attached hydrogen (secondary N) is 2. The van der Waals surface area contributed by atoms with Gasteiger partial charge in [-0.2, -0.15) is 8.42 Å². The summed E-state index contributed by atoms with van der Waals surface area (Å²) < 4.78 is 33.0. The van der Waals surface area contributed by atoms with E-state index in [1.807, 2.05) is 0 Å². The first kappa shape index (κ1) is 17.8. The maximum absolute atomic E-state index is 12.7. The fraction of sp³-hybridized carbons (Fsp3) is 0.476. The minimum absolute atomic E-state index is 0.168. The van der Waals surface area contributed by atoms with E-state index in [4.69, 9.17) is 4.42 Å². The highest BCUT2D eigenvalue weighted by Gasteiger charge is 2.28. The van der Waals surface area contributed by atoms with E-state index in [-0.39, 0.29) is 5.09 Å². The number of hydrogen-bond donors (Lipinski definition) is 2. The van der Waals surface area contributed by atoms with Crippen LogP contribution in [0.3, 0.4) is 0 Å². The number of rotatable bonds is 3. The number of sulfonamides is 1. The van der Waals surface area contributed by atoms with Gasteiger partial charge in [-0.15, -0.1) is 0 Å². The Hall–Kier alpha value is -2.28. The summed E-state index contributed by atoms with van der Waals surface area (Å²) in [4.78, 5) is 12.6. The molecule has 1 aromatic heterocycles. The summed E-state index contributed by atoms with van der Waals surface area (Å²) in [7, 11) is -4.03. The van der Waals surface area contributed by atoms with Gasteiger partial charge in [0.25, 0.3) is 10.0 Å². The molecule has 0 atom stereocenters. The average Bonchev–Trinajstić information content (AvgIpc) is 3.39. The van der Waals surface area contributed by atoms with E-state index >= 15 is 0 Å². The summed E-state index contributed by atoms with van der Waals surface area (Å²) >= 11 is 0. The highest BCUT2D eigenvalue weighted by Crippen LogP contribution is 2.38. The highest BCUT2D eigenvalue weighted by atomic mass is 32.2. The number of carbonyl (C=O) groups excluding carboxylic acids is 1. The van der Waals surface area contributed by atoms with Crippen molar-refractivity contribution in [1.29, 1.82) is 0 Å². The quantitative estimate of drug-likeness (QED) is 0.823. The van der Waals surface area contributed by atoms with Gasteiger partial charge < -0.3 is 9.73 Å². The minimum Gasteiger partial charge on any atom is -0.448 e. The third-order valence-corrected chi connectivity index (χ3v) is 7.36. The van der Waals surface area contributed by atoms with E-state index in [1.165, 1.54) is 22.3 Å². The van der Waals surface area contributed by atoms with Gasteiger partial charge in [-0.1, -0.05) is 6.07 Å². The van der Waals surface area contributed by atoms with Crippen molar-refractivity contribution in [3.8, 4) is 0 Å². The predicted molar refractivity (Wildman–Crippen MR) is 105 cm³/mol. The first-order valence-corrected chi connectivity index (χ1v) is 11.6. The Morgan fingerprint density at radius 3 is 2.14 bits per heavy atom. The summed E-state index contributed by atoms with van der Waals surface area (Å²) in [6, 6.07) is 3.11. The lowest BCUT2D eigenvalue weighted by Gasteiger charge is -2.16. The molecule has 3 aliphatic rings. The molecule has 0 spiro atoms. The molecule has 0 unspecified atom stereocenters. The van der Waals surface area contributed by atoms with Crippen molar-refractivity contribution in [2.75, 3.05) is 5.32 Å². The van der Waals surface area contributed by atoms with Crippen LogP contribution in [0.25, 0.3) is 0 Å². The molecule has 3 aliphatic carbocycles. The largest absolute Gasteiger partial charge is 0.448 e. The molecule has 1 aromatic carbocycles. The Balaban J connectivity index is 1.39. The van der Waals surface area contributed by atoms with Gasteiger partial charge in [-0.3, -0.25) is 0 Å². The first-order valence-electron chi connectivity index (χ1n) is 10.1. The molecule has 2 N–H and O–H groups in total. The van der Waals surface area contributed by atoms with Crippen LogP contribution in [0.5, 0.6) is 0 Å². The number of benzene rings is 1. The normalized spacial score (nSPS) is 17.7. The third kappa shape index (κ3) is 3.02. The molecule has 0 bridgehead atoms. The summed E-state index contributed by atoms with van der Waals surface area (Å²) in [5, 5.41) is 2.69. The van der Waals surface area contributed by atoms with Crippen LogP contribution in [0.1, 0.15) is 59.3 Å². The SMILES string of the molecule is O=C(Nc1c2c(cc3c1CCC3)CCC2)NS(=O)(=O)c1cc2c(o1)CCCC2. The highest BCUT2D eigenvalue weighted by molar-refractivity contribution is 7.89. The fourth-order valence-electron chi connectivity index (χ4n) is 4.87. The summed E-state index contributed by atoms with van der Waals surface area (Å²) in [5.41, 5.74) is 6.68. The maximum Gasteiger partial charge on any atom is 0.333 e. The molecule has 7 heteroatoms. The van der Waals surface area contributed by atoms with Crippen LogP contribution in [-0.4, -0.2) is 14.4 Å². The Morgan fingerprint density at radius 1 is 0.821 bits per heavy atom. The van der Waals surface area contributed by atoms with Crippen molar-refractivity contribution in [3.05, 3.63) is 45.7 Å². The van der Waals surface area contributed by atoms with Crippen molar-refractivity contribution in [2.24, 2.45) is 0 Å². The second-order valence-electron chi connectivity index (χ2n) is 8.01. The number of aryl methyl sites for hydroxylation is 4. The van der Waals surface area contributed by atoms with Crippen molar-refractivity contribution >= 4 is 21.7 Å². The predicted octanol–water partition coefficient (Wildman–Crippen LogP) is 3.65. The number of furan rings is 1. The smallest absolute Gasteiger partial charge is 0.333 e.